The lowest BCUT2D eigenvalue weighted by Crippen LogP contribution is -2.52. The van der Waals surface area contributed by atoms with Crippen LogP contribution in [0.25, 0.3) is 0 Å². The number of aromatic nitrogens is 2. The SMILES string of the molecule is CCn1cc(CN2CCN(Cc3ccc(C)cc3)[C@H](CCO)C2)cn1. The third-order valence-corrected chi connectivity index (χ3v) is 5.07. The molecule has 1 N–H and O–H groups in total. The van der Waals surface area contributed by atoms with Gasteiger partial charge < -0.3 is 5.11 Å². The molecule has 25 heavy (non-hydrogen) atoms. The van der Waals surface area contributed by atoms with E-state index in [1.807, 2.05) is 10.9 Å². The van der Waals surface area contributed by atoms with Crippen LogP contribution in [0.2, 0.25) is 0 Å². The average molecular weight is 342 g/mol. The molecule has 5 nitrogen and oxygen atoms in total. The zero-order valence-electron chi connectivity index (χ0n) is 15.4. The first-order valence-corrected chi connectivity index (χ1v) is 9.32. The van der Waals surface area contributed by atoms with Crippen molar-refractivity contribution in [3.63, 3.8) is 0 Å². The van der Waals surface area contributed by atoms with Crippen LogP contribution in [0.4, 0.5) is 0 Å². The van der Waals surface area contributed by atoms with E-state index in [-0.39, 0.29) is 6.61 Å². The maximum absolute atomic E-state index is 9.49. The van der Waals surface area contributed by atoms with Gasteiger partial charge in [-0.15, -0.1) is 0 Å². The van der Waals surface area contributed by atoms with Crippen LogP contribution in [-0.4, -0.2) is 57.0 Å². The normalized spacial score (nSPS) is 19.4. The van der Waals surface area contributed by atoms with Crippen molar-refractivity contribution in [2.75, 3.05) is 26.2 Å². The second-order valence-electron chi connectivity index (χ2n) is 7.06. The third kappa shape index (κ3) is 4.91. The topological polar surface area (TPSA) is 44.5 Å². The number of benzene rings is 1. The summed E-state index contributed by atoms with van der Waals surface area (Å²) in [5.74, 6) is 0. The molecule has 0 amide bonds. The van der Waals surface area contributed by atoms with Crippen LogP contribution in [0.15, 0.2) is 36.7 Å². The molecular formula is C20H30N4O. The standard InChI is InChI=1S/C20H30N4O/c1-3-24-15-19(12-21-24)13-22-9-10-23(20(16-22)8-11-25)14-18-6-4-17(2)5-7-18/h4-7,12,15,20,25H,3,8-11,13-14,16H2,1-2H3/t20-/m1/s1. The molecule has 0 saturated carbocycles. The highest BCUT2D eigenvalue weighted by Crippen LogP contribution is 2.18. The van der Waals surface area contributed by atoms with Gasteiger partial charge in [-0.25, -0.2) is 0 Å². The lowest BCUT2D eigenvalue weighted by molar-refractivity contribution is 0.0499. The summed E-state index contributed by atoms with van der Waals surface area (Å²) in [6.07, 6.45) is 4.94. The van der Waals surface area contributed by atoms with E-state index in [0.717, 1.165) is 45.7 Å². The molecule has 1 aliphatic rings. The fourth-order valence-electron chi connectivity index (χ4n) is 3.58. The molecule has 0 unspecified atom stereocenters. The van der Waals surface area contributed by atoms with Gasteiger partial charge in [-0.3, -0.25) is 14.5 Å². The number of aliphatic hydroxyl groups excluding tert-OH is 1. The van der Waals surface area contributed by atoms with E-state index in [4.69, 9.17) is 0 Å². The summed E-state index contributed by atoms with van der Waals surface area (Å²) >= 11 is 0. The van der Waals surface area contributed by atoms with E-state index in [1.165, 1.54) is 16.7 Å². The molecule has 1 aromatic heterocycles. The molecule has 1 saturated heterocycles. The Bertz CT molecular complexity index is 652. The van der Waals surface area contributed by atoms with Crippen LogP contribution in [-0.2, 0) is 19.6 Å². The monoisotopic (exact) mass is 342 g/mol. The maximum Gasteiger partial charge on any atom is 0.0534 e. The highest BCUT2D eigenvalue weighted by atomic mass is 16.3. The first kappa shape index (κ1) is 18.1. The molecular weight excluding hydrogens is 312 g/mol. The number of hydrogen-bond donors (Lipinski definition) is 1. The van der Waals surface area contributed by atoms with Crippen molar-refractivity contribution in [3.05, 3.63) is 53.3 Å². The molecule has 136 valence electrons. The van der Waals surface area contributed by atoms with E-state index >= 15 is 0 Å². The van der Waals surface area contributed by atoms with Gasteiger partial charge >= 0.3 is 0 Å². The van der Waals surface area contributed by atoms with Gasteiger partial charge in [0, 0.05) is 63.7 Å². The predicted molar refractivity (Wildman–Crippen MR) is 100 cm³/mol. The van der Waals surface area contributed by atoms with Crippen molar-refractivity contribution in [1.29, 1.82) is 0 Å². The van der Waals surface area contributed by atoms with Crippen LogP contribution in [0.5, 0.6) is 0 Å². The molecule has 0 spiro atoms. The van der Waals surface area contributed by atoms with Gasteiger partial charge in [0.15, 0.2) is 0 Å². The Labute approximate surface area is 150 Å². The van der Waals surface area contributed by atoms with E-state index < -0.39 is 0 Å². The molecule has 0 aliphatic carbocycles. The van der Waals surface area contributed by atoms with Gasteiger partial charge in [0.1, 0.15) is 0 Å². The van der Waals surface area contributed by atoms with Gasteiger partial charge in [0.05, 0.1) is 6.20 Å². The highest BCUT2D eigenvalue weighted by molar-refractivity contribution is 5.21. The van der Waals surface area contributed by atoms with Gasteiger partial charge in [-0.05, 0) is 25.8 Å². The molecule has 2 heterocycles. The Morgan fingerprint density at radius 3 is 2.60 bits per heavy atom. The van der Waals surface area contributed by atoms with Gasteiger partial charge in [0.2, 0.25) is 0 Å². The van der Waals surface area contributed by atoms with Crippen LogP contribution < -0.4 is 0 Å². The summed E-state index contributed by atoms with van der Waals surface area (Å²) in [6, 6.07) is 9.20. The van der Waals surface area contributed by atoms with Crippen LogP contribution in [0.1, 0.15) is 30.0 Å². The lowest BCUT2D eigenvalue weighted by Gasteiger charge is -2.41. The highest BCUT2D eigenvalue weighted by Gasteiger charge is 2.26. The summed E-state index contributed by atoms with van der Waals surface area (Å²) in [5.41, 5.74) is 3.93. The van der Waals surface area contributed by atoms with Crippen molar-refractivity contribution in [2.24, 2.45) is 0 Å². The fourth-order valence-corrected chi connectivity index (χ4v) is 3.58. The molecule has 5 heteroatoms. The molecule has 0 radical (unpaired) electrons. The van der Waals surface area contributed by atoms with E-state index in [0.29, 0.717) is 6.04 Å². The number of aryl methyl sites for hydroxylation is 2. The minimum Gasteiger partial charge on any atom is -0.396 e. The molecule has 1 fully saturated rings. The maximum atomic E-state index is 9.49. The molecule has 2 aromatic rings. The van der Waals surface area contributed by atoms with Crippen molar-refractivity contribution in [3.8, 4) is 0 Å². The molecule has 0 bridgehead atoms. The van der Waals surface area contributed by atoms with Crippen LogP contribution >= 0.6 is 0 Å². The van der Waals surface area contributed by atoms with E-state index in [2.05, 4.69) is 59.2 Å². The van der Waals surface area contributed by atoms with Crippen LogP contribution in [0.3, 0.4) is 0 Å². The second kappa shape index (κ2) is 8.61. The zero-order valence-corrected chi connectivity index (χ0v) is 15.4. The first-order chi connectivity index (χ1) is 12.2. The van der Waals surface area contributed by atoms with Crippen molar-refractivity contribution in [1.82, 2.24) is 19.6 Å². The number of nitrogens with zero attached hydrogens (tertiary/aromatic N) is 4. The van der Waals surface area contributed by atoms with Crippen molar-refractivity contribution < 1.29 is 5.11 Å². The lowest BCUT2D eigenvalue weighted by atomic mass is 10.1. The molecule has 1 atom stereocenters. The Balaban J connectivity index is 1.60. The first-order valence-electron chi connectivity index (χ1n) is 9.32. The van der Waals surface area contributed by atoms with Gasteiger partial charge in [0.25, 0.3) is 0 Å². The smallest absolute Gasteiger partial charge is 0.0534 e. The largest absolute Gasteiger partial charge is 0.396 e. The Morgan fingerprint density at radius 2 is 1.92 bits per heavy atom. The zero-order chi connectivity index (χ0) is 17.6. The number of piperazine rings is 1. The molecule has 1 aromatic carbocycles. The number of hydrogen-bond acceptors (Lipinski definition) is 4. The fraction of sp³-hybridized carbons (Fsp3) is 0.550. The minimum absolute atomic E-state index is 0.247. The molecule has 1 aliphatic heterocycles. The van der Waals surface area contributed by atoms with Gasteiger partial charge in [-0.1, -0.05) is 29.8 Å². The molecule has 3 rings (SSSR count). The summed E-state index contributed by atoms with van der Waals surface area (Å²) in [6.45, 7) is 10.4. The Morgan fingerprint density at radius 1 is 1.12 bits per heavy atom. The predicted octanol–water partition coefficient (Wildman–Crippen LogP) is 2.28. The number of rotatable bonds is 7. The van der Waals surface area contributed by atoms with Crippen LogP contribution in [0, 0.1) is 6.92 Å². The van der Waals surface area contributed by atoms with Crippen molar-refractivity contribution >= 4 is 0 Å². The Kier molecular flexibility index (Phi) is 6.24. The number of aliphatic hydroxyl groups is 1. The van der Waals surface area contributed by atoms with Gasteiger partial charge in [-0.2, -0.15) is 5.10 Å². The summed E-state index contributed by atoms with van der Waals surface area (Å²) in [4.78, 5) is 5.01. The average Bonchev–Trinajstić information content (AvgIpc) is 3.07. The summed E-state index contributed by atoms with van der Waals surface area (Å²) in [7, 11) is 0. The summed E-state index contributed by atoms with van der Waals surface area (Å²) < 4.78 is 1.98. The summed E-state index contributed by atoms with van der Waals surface area (Å²) in [5, 5.41) is 13.9. The quantitative estimate of drug-likeness (QED) is 0.838. The third-order valence-electron chi connectivity index (χ3n) is 5.07. The van der Waals surface area contributed by atoms with E-state index in [9.17, 15) is 5.11 Å². The second-order valence-corrected chi connectivity index (χ2v) is 7.06. The van der Waals surface area contributed by atoms with Crippen molar-refractivity contribution in [2.45, 2.75) is 45.9 Å². The Hall–Kier alpha value is -1.69. The minimum atomic E-state index is 0.247. The van der Waals surface area contributed by atoms with E-state index in [1.54, 1.807) is 0 Å².